The van der Waals surface area contributed by atoms with E-state index in [-0.39, 0.29) is 33.0 Å². The monoisotopic (exact) mass is 606 g/mol. The first kappa shape index (κ1) is 30.0. The summed E-state index contributed by atoms with van der Waals surface area (Å²) in [7, 11) is -11.9. The van der Waals surface area contributed by atoms with Gasteiger partial charge in [-0.3, -0.25) is 9.03 Å². The summed E-state index contributed by atoms with van der Waals surface area (Å²) in [5.41, 5.74) is 2.22. The van der Waals surface area contributed by atoms with Crippen LogP contribution in [0.15, 0.2) is 82.6 Å². The van der Waals surface area contributed by atoms with E-state index in [1.807, 2.05) is 27.7 Å². The molecule has 3 aromatic carbocycles. The number of nitrogens with zero attached hydrogens (tertiary/aromatic N) is 1. The van der Waals surface area contributed by atoms with Gasteiger partial charge < -0.3 is 5.11 Å². The van der Waals surface area contributed by atoms with E-state index in [1.54, 1.807) is 24.3 Å². The molecule has 0 aromatic heterocycles. The van der Waals surface area contributed by atoms with E-state index in [1.165, 1.54) is 48.5 Å². The minimum atomic E-state index is -4.30. The number of hydrogen-bond donors (Lipinski definition) is 2. The Morgan fingerprint density at radius 1 is 0.750 bits per heavy atom. The normalized spacial score (nSPS) is 19.2. The third kappa shape index (κ3) is 6.35. The fourth-order valence-corrected chi connectivity index (χ4v) is 9.20. The van der Waals surface area contributed by atoms with E-state index >= 15 is 0 Å². The van der Waals surface area contributed by atoms with Gasteiger partial charge in [-0.25, -0.2) is 25.3 Å². The van der Waals surface area contributed by atoms with E-state index in [4.69, 9.17) is 0 Å². The van der Waals surface area contributed by atoms with Crippen molar-refractivity contribution >= 4 is 41.3 Å². The van der Waals surface area contributed by atoms with Crippen molar-refractivity contribution in [2.75, 3.05) is 20.5 Å². The highest BCUT2D eigenvalue weighted by Crippen LogP contribution is 2.33. The molecule has 1 aliphatic heterocycles. The fraction of sp³-hybridized carbons (Fsp3) is 0.357. The number of benzene rings is 3. The average Bonchev–Trinajstić information content (AvgIpc) is 3.16. The van der Waals surface area contributed by atoms with Gasteiger partial charge in [0.25, 0.3) is 20.0 Å². The summed E-state index contributed by atoms with van der Waals surface area (Å²) in [4.78, 5) is 0.0253. The maximum atomic E-state index is 13.8. The zero-order chi connectivity index (χ0) is 29.5. The molecule has 1 heterocycles. The Balaban J connectivity index is 1.68. The molecule has 0 unspecified atom stereocenters. The Morgan fingerprint density at radius 2 is 1.23 bits per heavy atom. The van der Waals surface area contributed by atoms with Gasteiger partial charge in [0.1, 0.15) is 0 Å². The van der Waals surface area contributed by atoms with Crippen LogP contribution in [0.5, 0.6) is 0 Å². The molecule has 0 amide bonds. The van der Waals surface area contributed by atoms with Crippen molar-refractivity contribution in [3.8, 4) is 0 Å². The Kier molecular flexibility index (Phi) is 8.38. The molecular formula is C28H34N2O7S3. The van der Waals surface area contributed by atoms with Crippen molar-refractivity contribution in [2.45, 2.75) is 61.5 Å². The lowest BCUT2D eigenvalue weighted by atomic mass is 10.0. The van der Waals surface area contributed by atoms with Crippen molar-refractivity contribution in [2.24, 2.45) is 0 Å². The molecule has 1 aliphatic rings. The Labute approximate surface area is 236 Å². The van der Waals surface area contributed by atoms with E-state index in [2.05, 4.69) is 4.72 Å². The molecule has 0 radical (unpaired) electrons. The number of rotatable bonds is 9. The minimum Gasteiger partial charge on any atom is -0.390 e. The fourth-order valence-electron chi connectivity index (χ4n) is 4.60. The topological polar surface area (TPSA) is 138 Å². The summed E-state index contributed by atoms with van der Waals surface area (Å²) in [6.45, 7) is 7.97. The summed E-state index contributed by atoms with van der Waals surface area (Å²) in [6, 6.07) is 17.2. The zero-order valence-electron chi connectivity index (χ0n) is 22.7. The van der Waals surface area contributed by atoms with Gasteiger partial charge in [-0.05, 0) is 71.5 Å². The Bertz CT molecular complexity index is 1670. The van der Waals surface area contributed by atoms with Crippen LogP contribution in [0.1, 0.15) is 50.7 Å². The highest BCUT2D eigenvalue weighted by atomic mass is 32.2. The second-order valence-corrected chi connectivity index (χ2v) is 16.3. The van der Waals surface area contributed by atoms with Gasteiger partial charge in [0.05, 0.1) is 39.1 Å². The van der Waals surface area contributed by atoms with Crippen molar-refractivity contribution in [3.63, 3.8) is 0 Å². The van der Waals surface area contributed by atoms with Crippen molar-refractivity contribution < 1.29 is 30.4 Å². The molecule has 1 saturated heterocycles. The summed E-state index contributed by atoms with van der Waals surface area (Å²) in [5, 5.41) is 10.6. The van der Waals surface area contributed by atoms with Crippen LogP contribution in [0.2, 0.25) is 0 Å². The van der Waals surface area contributed by atoms with E-state index in [9.17, 15) is 30.4 Å². The summed E-state index contributed by atoms with van der Waals surface area (Å²) in [5.74, 6) is -0.668. The van der Waals surface area contributed by atoms with Crippen LogP contribution in [0, 0.1) is 0 Å². The van der Waals surface area contributed by atoms with E-state index in [0.717, 1.165) is 15.4 Å². The number of anilines is 2. The van der Waals surface area contributed by atoms with Gasteiger partial charge in [0, 0.05) is 5.69 Å². The first-order valence-electron chi connectivity index (χ1n) is 12.9. The second-order valence-electron chi connectivity index (χ2n) is 10.6. The van der Waals surface area contributed by atoms with Gasteiger partial charge >= 0.3 is 0 Å². The molecular weight excluding hydrogens is 573 g/mol. The number of sulfonamides is 2. The van der Waals surface area contributed by atoms with E-state index in [0.29, 0.717) is 0 Å². The molecule has 1 fully saturated rings. The smallest absolute Gasteiger partial charge is 0.264 e. The molecule has 0 aliphatic carbocycles. The van der Waals surface area contributed by atoms with Gasteiger partial charge in [-0.1, -0.05) is 52.0 Å². The lowest BCUT2D eigenvalue weighted by molar-refractivity contribution is 0.184. The van der Waals surface area contributed by atoms with Crippen LogP contribution >= 0.6 is 0 Å². The first-order valence-corrected chi connectivity index (χ1v) is 17.6. The van der Waals surface area contributed by atoms with Crippen molar-refractivity contribution in [1.82, 2.24) is 0 Å². The van der Waals surface area contributed by atoms with Crippen LogP contribution in [-0.2, 0) is 29.9 Å². The molecule has 40 heavy (non-hydrogen) atoms. The highest BCUT2D eigenvalue weighted by molar-refractivity contribution is 7.93. The molecule has 9 nitrogen and oxygen atoms in total. The Hall–Kier alpha value is -2.93. The SMILES string of the molecule is CC(C)c1ccc(S(=O)(=O)Nc2ccc(N([C@H]3CS(=O)(=O)C[C@@H]3O)S(=O)(=O)c3ccc(C(C)C)cc3)cc2)cc1. The molecule has 216 valence electrons. The molecule has 0 spiro atoms. The predicted molar refractivity (Wildman–Crippen MR) is 156 cm³/mol. The van der Waals surface area contributed by atoms with Gasteiger partial charge in [-0.15, -0.1) is 0 Å². The summed E-state index contributed by atoms with van der Waals surface area (Å²) < 4.78 is 81.6. The standard InChI is InChI=1S/C28H34N2O7S3/c1-19(2)21-5-13-25(14-6-21)39(34,35)29-23-9-11-24(12-10-23)30(27-17-38(32,33)18-28(27)31)40(36,37)26-15-7-22(8-16-26)20(3)4/h5-16,19-20,27-29,31H,17-18H2,1-4H3/t27-,28-/m0/s1. The maximum Gasteiger partial charge on any atom is 0.264 e. The van der Waals surface area contributed by atoms with Crippen LogP contribution in [0.3, 0.4) is 0 Å². The number of hydrogen-bond acceptors (Lipinski definition) is 7. The van der Waals surface area contributed by atoms with Gasteiger partial charge in [0.15, 0.2) is 9.84 Å². The third-order valence-electron chi connectivity index (χ3n) is 6.93. The highest BCUT2D eigenvalue weighted by Gasteiger charge is 2.45. The van der Waals surface area contributed by atoms with Crippen LogP contribution < -0.4 is 9.03 Å². The Morgan fingerprint density at radius 3 is 1.65 bits per heavy atom. The quantitative estimate of drug-likeness (QED) is 0.374. The maximum absolute atomic E-state index is 13.8. The number of aliphatic hydroxyl groups excluding tert-OH is 1. The van der Waals surface area contributed by atoms with Gasteiger partial charge in [-0.2, -0.15) is 0 Å². The molecule has 12 heteroatoms. The molecule has 0 bridgehead atoms. The predicted octanol–water partition coefficient (Wildman–Crippen LogP) is 4.09. The van der Waals surface area contributed by atoms with E-state index < -0.39 is 53.5 Å². The van der Waals surface area contributed by atoms with Crippen LogP contribution in [-0.4, -0.2) is 54.0 Å². The van der Waals surface area contributed by atoms with Crippen molar-refractivity contribution in [3.05, 3.63) is 83.9 Å². The summed E-state index contributed by atoms with van der Waals surface area (Å²) in [6.07, 6.45) is -1.43. The summed E-state index contributed by atoms with van der Waals surface area (Å²) >= 11 is 0. The molecule has 0 saturated carbocycles. The molecule has 2 atom stereocenters. The molecule has 4 rings (SSSR count). The number of sulfone groups is 1. The van der Waals surface area contributed by atoms with Crippen LogP contribution in [0.25, 0.3) is 0 Å². The number of nitrogens with one attached hydrogen (secondary N) is 1. The average molecular weight is 607 g/mol. The van der Waals surface area contributed by atoms with Gasteiger partial charge in [0.2, 0.25) is 0 Å². The minimum absolute atomic E-state index is 0.0528. The third-order valence-corrected chi connectivity index (χ3v) is 11.9. The number of aliphatic hydroxyl groups is 1. The largest absolute Gasteiger partial charge is 0.390 e. The van der Waals surface area contributed by atoms with Crippen molar-refractivity contribution in [1.29, 1.82) is 0 Å². The molecule has 3 aromatic rings. The van der Waals surface area contributed by atoms with Crippen LogP contribution in [0.4, 0.5) is 11.4 Å². The lowest BCUT2D eigenvalue weighted by Crippen LogP contribution is -2.47. The molecule has 2 N–H and O–H groups in total. The zero-order valence-corrected chi connectivity index (χ0v) is 25.2. The second kappa shape index (κ2) is 11.2. The lowest BCUT2D eigenvalue weighted by Gasteiger charge is -2.31. The first-order chi connectivity index (χ1) is 18.6.